The number of Topliss-reactive ketones (excluding diaryl/α,β-unsaturated/α-hetero) is 1. The molecule has 2 amide bonds. The first-order chi connectivity index (χ1) is 9.38. The third kappa shape index (κ3) is 5.51. The zero-order chi connectivity index (χ0) is 15.1. The number of rotatable bonds is 6. The molecule has 1 rings (SSSR count). The molecule has 0 aliphatic heterocycles. The molecule has 6 nitrogen and oxygen atoms in total. The van der Waals surface area contributed by atoms with Gasteiger partial charge in [0.1, 0.15) is 0 Å². The van der Waals surface area contributed by atoms with Crippen molar-refractivity contribution in [3.8, 4) is 0 Å². The largest absolute Gasteiger partial charge is 0.481 e. The number of aliphatic carboxylic acids is 1. The molecule has 0 bridgehead atoms. The topological polar surface area (TPSA) is 95.5 Å². The van der Waals surface area contributed by atoms with Gasteiger partial charge in [-0.3, -0.25) is 9.59 Å². The van der Waals surface area contributed by atoms with Crippen molar-refractivity contribution in [1.82, 2.24) is 5.32 Å². The molecule has 1 aromatic carbocycles. The number of ketones is 1. The Morgan fingerprint density at radius 2 is 2.00 bits per heavy atom. The zero-order valence-electron chi connectivity index (χ0n) is 11.5. The molecule has 0 aliphatic carbocycles. The number of urea groups is 1. The fraction of sp³-hybridized carbons (Fsp3) is 0.357. The molecule has 3 N–H and O–H groups in total. The van der Waals surface area contributed by atoms with E-state index in [0.717, 1.165) is 0 Å². The smallest absolute Gasteiger partial charge is 0.319 e. The molecule has 0 aromatic heterocycles. The molecule has 0 fully saturated rings. The summed E-state index contributed by atoms with van der Waals surface area (Å²) in [4.78, 5) is 33.3. The highest BCUT2D eigenvalue weighted by molar-refractivity contribution is 5.96. The highest BCUT2D eigenvalue weighted by Gasteiger charge is 2.09. The number of carboxylic acids is 1. The van der Waals surface area contributed by atoms with Gasteiger partial charge >= 0.3 is 12.0 Å². The van der Waals surface area contributed by atoms with Crippen LogP contribution in [0.15, 0.2) is 24.3 Å². The summed E-state index contributed by atoms with van der Waals surface area (Å²) in [5.74, 6) is -1.13. The first-order valence-corrected chi connectivity index (χ1v) is 6.26. The van der Waals surface area contributed by atoms with Crippen molar-refractivity contribution in [2.75, 3.05) is 11.9 Å². The number of carbonyl (C=O) groups excluding carboxylic acids is 2. The molecule has 1 aromatic rings. The van der Waals surface area contributed by atoms with Crippen molar-refractivity contribution in [3.05, 3.63) is 29.8 Å². The maximum absolute atomic E-state index is 11.6. The SMILES string of the molecule is CC(=O)c1cccc(NC(=O)NCC(C)CC(=O)O)c1. The Kier molecular flexibility index (Phi) is 5.71. The van der Waals surface area contributed by atoms with Crippen molar-refractivity contribution in [3.63, 3.8) is 0 Å². The lowest BCUT2D eigenvalue weighted by Gasteiger charge is -2.11. The van der Waals surface area contributed by atoms with Crippen LogP contribution in [0.25, 0.3) is 0 Å². The summed E-state index contributed by atoms with van der Waals surface area (Å²) in [7, 11) is 0. The number of benzene rings is 1. The lowest BCUT2D eigenvalue weighted by atomic mass is 10.1. The number of hydrogen-bond acceptors (Lipinski definition) is 3. The first-order valence-electron chi connectivity index (χ1n) is 6.26. The molecule has 0 saturated heterocycles. The minimum Gasteiger partial charge on any atom is -0.481 e. The molecule has 6 heteroatoms. The second-order valence-corrected chi connectivity index (χ2v) is 4.68. The van der Waals surface area contributed by atoms with E-state index in [0.29, 0.717) is 11.3 Å². The van der Waals surface area contributed by atoms with Gasteiger partial charge < -0.3 is 15.7 Å². The predicted octanol–water partition coefficient (Wildman–Crippen LogP) is 2.12. The van der Waals surface area contributed by atoms with Crippen LogP contribution in [0.1, 0.15) is 30.6 Å². The van der Waals surface area contributed by atoms with E-state index in [2.05, 4.69) is 10.6 Å². The second kappa shape index (κ2) is 7.28. The molecule has 0 radical (unpaired) electrons. The van der Waals surface area contributed by atoms with Crippen LogP contribution < -0.4 is 10.6 Å². The lowest BCUT2D eigenvalue weighted by Crippen LogP contribution is -2.33. The van der Waals surface area contributed by atoms with Crippen LogP contribution in [-0.4, -0.2) is 29.4 Å². The van der Waals surface area contributed by atoms with Crippen molar-refractivity contribution >= 4 is 23.5 Å². The monoisotopic (exact) mass is 278 g/mol. The van der Waals surface area contributed by atoms with Gasteiger partial charge in [0.25, 0.3) is 0 Å². The molecule has 0 heterocycles. The normalized spacial score (nSPS) is 11.5. The molecule has 0 spiro atoms. The van der Waals surface area contributed by atoms with Crippen LogP contribution in [0, 0.1) is 5.92 Å². The van der Waals surface area contributed by atoms with Gasteiger partial charge in [0.15, 0.2) is 5.78 Å². The average molecular weight is 278 g/mol. The highest BCUT2D eigenvalue weighted by atomic mass is 16.4. The molecule has 0 aliphatic rings. The number of amides is 2. The Bertz CT molecular complexity index is 514. The standard InChI is InChI=1S/C14H18N2O4/c1-9(6-13(18)19)8-15-14(20)16-12-5-3-4-11(7-12)10(2)17/h3-5,7,9H,6,8H2,1-2H3,(H,18,19)(H2,15,16,20). The summed E-state index contributed by atoms with van der Waals surface area (Å²) < 4.78 is 0. The van der Waals surface area contributed by atoms with E-state index in [1.807, 2.05) is 0 Å². The van der Waals surface area contributed by atoms with Gasteiger partial charge in [-0.1, -0.05) is 19.1 Å². The fourth-order valence-electron chi connectivity index (χ4n) is 1.63. The predicted molar refractivity (Wildman–Crippen MR) is 74.9 cm³/mol. The minimum atomic E-state index is -0.895. The molecular formula is C14H18N2O4. The summed E-state index contributed by atoms with van der Waals surface area (Å²) in [6.45, 7) is 3.46. The van der Waals surface area contributed by atoms with Gasteiger partial charge in [0.05, 0.1) is 0 Å². The van der Waals surface area contributed by atoms with Gasteiger partial charge in [0, 0.05) is 24.2 Å². The number of carbonyl (C=O) groups is 3. The quantitative estimate of drug-likeness (QED) is 0.694. The van der Waals surface area contributed by atoms with Crippen LogP contribution in [-0.2, 0) is 4.79 Å². The van der Waals surface area contributed by atoms with Crippen LogP contribution in [0.3, 0.4) is 0 Å². The lowest BCUT2D eigenvalue weighted by molar-refractivity contribution is -0.137. The second-order valence-electron chi connectivity index (χ2n) is 4.68. The maximum Gasteiger partial charge on any atom is 0.319 e. The summed E-state index contributed by atoms with van der Waals surface area (Å²) >= 11 is 0. The third-order valence-electron chi connectivity index (χ3n) is 2.66. The molecule has 1 unspecified atom stereocenters. The van der Waals surface area contributed by atoms with Crippen molar-refractivity contribution in [1.29, 1.82) is 0 Å². The van der Waals surface area contributed by atoms with Crippen LogP contribution in [0.2, 0.25) is 0 Å². The molecule has 20 heavy (non-hydrogen) atoms. The number of nitrogens with one attached hydrogen (secondary N) is 2. The Morgan fingerprint density at radius 3 is 2.60 bits per heavy atom. The first kappa shape index (κ1) is 15.7. The molecule has 1 atom stereocenters. The Hall–Kier alpha value is -2.37. The van der Waals surface area contributed by atoms with E-state index in [1.54, 1.807) is 31.2 Å². The number of anilines is 1. The van der Waals surface area contributed by atoms with Crippen LogP contribution >= 0.6 is 0 Å². The number of hydrogen-bond donors (Lipinski definition) is 3. The van der Waals surface area contributed by atoms with Crippen molar-refractivity contribution in [2.45, 2.75) is 20.3 Å². The van der Waals surface area contributed by atoms with Gasteiger partial charge in [-0.2, -0.15) is 0 Å². The van der Waals surface area contributed by atoms with E-state index < -0.39 is 12.0 Å². The van der Waals surface area contributed by atoms with Gasteiger partial charge in [0.2, 0.25) is 0 Å². The highest BCUT2D eigenvalue weighted by Crippen LogP contribution is 2.11. The summed E-state index contributed by atoms with van der Waals surface area (Å²) in [6.07, 6.45) is 0.000101. The van der Waals surface area contributed by atoms with Crippen LogP contribution in [0.5, 0.6) is 0 Å². The van der Waals surface area contributed by atoms with E-state index in [9.17, 15) is 14.4 Å². The molecular weight excluding hydrogens is 260 g/mol. The fourth-order valence-corrected chi connectivity index (χ4v) is 1.63. The summed E-state index contributed by atoms with van der Waals surface area (Å²) in [5, 5.41) is 13.8. The summed E-state index contributed by atoms with van der Waals surface area (Å²) in [5.41, 5.74) is 1.03. The van der Waals surface area contributed by atoms with Crippen molar-refractivity contribution < 1.29 is 19.5 Å². The zero-order valence-corrected chi connectivity index (χ0v) is 11.5. The van der Waals surface area contributed by atoms with Gasteiger partial charge in [-0.05, 0) is 25.0 Å². The Morgan fingerprint density at radius 1 is 1.30 bits per heavy atom. The molecule has 0 saturated carbocycles. The van der Waals surface area contributed by atoms with Crippen molar-refractivity contribution in [2.24, 2.45) is 5.92 Å². The third-order valence-corrected chi connectivity index (χ3v) is 2.66. The maximum atomic E-state index is 11.6. The van der Waals surface area contributed by atoms with Crippen LogP contribution in [0.4, 0.5) is 10.5 Å². The van der Waals surface area contributed by atoms with Gasteiger partial charge in [-0.25, -0.2) is 4.79 Å². The van der Waals surface area contributed by atoms with Gasteiger partial charge in [-0.15, -0.1) is 0 Å². The average Bonchev–Trinajstić information content (AvgIpc) is 2.36. The summed E-state index contributed by atoms with van der Waals surface area (Å²) in [6, 6.07) is 6.18. The molecule has 108 valence electrons. The minimum absolute atomic E-state index is 0.000101. The van der Waals surface area contributed by atoms with E-state index in [1.165, 1.54) is 6.92 Å². The van der Waals surface area contributed by atoms with E-state index in [-0.39, 0.29) is 24.7 Å². The Balaban J connectivity index is 2.48. The van der Waals surface area contributed by atoms with E-state index in [4.69, 9.17) is 5.11 Å². The Labute approximate surface area is 117 Å². The number of carboxylic acid groups (broad SMARTS) is 1. The van der Waals surface area contributed by atoms with E-state index >= 15 is 0 Å².